The van der Waals surface area contributed by atoms with Crippen LogP contribution >= 0.6 is 0 Å². The van der Waals surface area contributed by atoms with E-state index in [1.807, 2.05) is 42.3 Å². The van der Waals surface area contributed by atoms with Crippen molar-refractivity contribution in [2.45, 2.75) is 65.0 Å². The van der Waals surface area contributed by atoms with Crippen LogP contribution in [0.3, 0.4) is 0 Å². The van der Waals surface area contributed by atoms with Crippen LogP contribution in [0, 0.1) is 6.92 Å². The molecule has 1 aliphatic heterocycles. The minimum absolute atomic E-state index is 0.00983. The highest BCUT2D eigenvalue weighted by molar-refractivity contribution is 5.77. The maximum Gasteiger partial charge on any atom is 0.254 e. The smallest absolute Gasteiger partial charge is 0.254 e. The van der Waals surface area contributed by atoms with E-state index in [1.165, 1.54) is 0 Å². The number of ether oxygens (including phenoxy) is 1. The van der Waals surface area contributed by atoms with Crippen LogP contribution in [0.2, 0.25) is 0 Å². The predicted octanol–water partition coefficient (Wildman–Crippen LogP) is 3.50. The molecule has 0 unspecified atom stereocenters. The average molecular weight is 397 g/mol. The lowest BCUT2D eigenvalue weighted by atomic mass is 9.98. The van der Waals surface area contributed by atoms with Gasteiger partial charge in [-0.3, -0.25) is 4.79 Å². The molecule has 0 saturated carbocycles. The highest BCUT2D eigenvalue weighted by Gasteiger charge is 2.30. The quantitative estimate of drug-likeness (QED) is 0.633. The first kappa shape index (κ1) is 19.4. The van der Waals surface area contributed by atoms with Gasteiger partial charge in [0, 0.05) is 37.7 Å². The highest BCUT2D eigenvalue weighted by Crippen LogP contribution is 2.31. The van der Waals surface area contributed by atoms with Crippen molar-refractivity contribution >= 4 is 11.6 Å². The molecule has 0 radical (unpaired) electrons. The first-order valence-corrected chi connectivity index (χ1v) is 10.2. The summed E-state index contributed by atoms with van der Waals surface area (Å²) in [6, 6.07) is 5.71. The molecule has 154 valence electrons. The van der Waals surface area contributed by atoms with Gasteiger partial charge in [0.1, 0.15) is 5.76 Å². The Morgan fingerprint density at radius 1 is 1.34 bits per heavy atom. The maximum atomic E-state index is 13.1. The van der Waals surface area contributed by atoms with E-state index >= 15 is 0 Å². The topological polar surface area (TPSA) is 85.8 Å². The number of carbonyl (C=O) groups is 1. The molecule has 4 rings (SSSR count). The molecule has 0 N–H and O–H groups in total. The molecular formula is C21H27N5O3. The van der Waals surface area contributed by atoms with E-state index in [4.69, 9.17) is 9.26 Å². The molecule has 3 aromatic rings. The van der Waals surface area contributed by atoms with Crippen LogP contribution in [0.4, 0.5) is 0 Å². The summed E-state index contributed by atoms with van der Waals surface area (Å²) in [6.07, 6.45) is 5.75. The average Bonchev–Trinajstić information content (AvgIpc) is 3.30. The van der Waals surface area contributed by atoms with Gasteiger partial charge in [0.05, 0.1) is 23.5 Å². The minimum atomic E-state index is 0.00983. The number of hydrogen-bond donors (Lipinski definition) is 0. The molecule has 0 spiro atoms. The Labute approximate surface area is 169 Å². The molecule has 0 aliphatic carbocycles. The van der Waals surface area contributed by atoms with Gasteiger partial charge in [-0.15, -0.1) is 0 Å². The van der Waals surface area contributed by atoms with E-state index < -0.39 is 0 Å². The van der Waals surface area contributed by atoms with Crippen LogP contribution in [-0.4, -0.2) is 43.2 Å². The fraction of sp³-hybridized carbons (Fsp3) is 0.524. The molecule has 1 atom stereocenters. The summed E-state index contributed by atoms with van der Waals surface area (Å²) < 4.78 is 12.7. The number of carbonyl (C=O) groups excluding carboxylic acids is 1. The molecule has 0 bridgehead atoms. The first-order valence-electron chi connectivity index (χ1n) is 10.2. The van der Waals surface area contributed by atoms with Gasteiger partial charge in [0.2, 0.25) is 5.91 Å². The summed E-state index contributed by atoms with van der Waals surface area (Å²) in [4.78, 5) is 19.4. The zero-order chi connectivity index (χ0) is 20.4. The van der Waals surface area contributed by atoms with Crippen LogP contribution in [0.25, 0.3) is 5.65 Å². The Balaban J connectivity index is 1.48. The van der Waals surface area contributed by atoms with Crippen molar-refractivity contribution in [3.63, 3.8) is 0 Å². The zero-order valence-electron chi connectivity index (χ0n) is 17.2. The fourth-order valence-electron chi connectivity index (χ4n) is 3.90. The predicted molar refractivity (Wildman–Crippen MR) is 107 cm³/mol. The molecule has 8 heteroatoms. The van der Waals surface area contributed by atoms with Crippen LogP contribution in [0.1, 0.15) is 62.7 Å². The van der Waals surface area contributed by atoms with Gasteiger partial charge < -0.3 is 14.2 Å². The van der Waals surface area contributed by atoms with Crippen molar-refractivity contribution in [1.29, 1.82) is 0 Å². The van der Waals surface area contributed by atoms with E-state index in [9.17, 15) is 4.79 Å². The monoisotopic (exact) mass is 397 g/mol. The largest absolute Gasteiger partial charge is 0.473 e. The first-order chi connectivity index (χ1) is 14.0. The van der Waals surface area contributed by atoms with Crippen LogP contribution in [0.15, 0.2) is 28.9 Å². The second-order valence-electron chi connectivity index (χ2n) is 7.82. The molecule has 1 fully saturated rings. The van der Waals surface area contributed by atoms with Crippen molar-refractivity contribution in [3.05, 3.63) is 41.5 Å². The van der Waals surface area contributed by atoms with Crippen LogP contribution < -0.4 is 4.74 Å². The van der Waals surface area contributed by atoms with E-state index in [0.717, 1.165) is 42.8 Å². The summed E-state index contributed by atoms with van der Waals surface area (Å²) in [7, 11) is 0. The Hall–Kier alpha value is -2.90. The minimum Gasteiger partial charge on any atom is -0.473 e. The number of nitrogens with zero attached hydrogens (tertiary/aromatic N) is 5. The number of hydrogen-bond acceptors (Lipinski definition) is 6. The lowest BCUT2D eigenvalue weighted by Gasteiger charge is -2.36. The zero-order valence-corrected chi connectivity index (χ0v) is 17.2. The Morgan fingerprint density at radius 2 is 2.21 bits per heavy atom. The number of likely N-dealkylation sites (tertiary alicyclic amines) is 1. The normalized spacial score (nSPS) is 17.2. The van der Waals surface area contributed by atoms with Crippen molar-refractivity contribution in [2.24, 2.45) is 0 Å². The molecule has 3 aromatic heterocycles. The molecule has 4 heterocycles. The van der Waals surface area contributed by atoms with Gasteiger partial charge in [-0.05, 0) is 51.3 Å². The Kier molecular flexibility index (Phi) is 5.51. The van der Waals surface area contributed by atoms with E-state index in [-0.39, 0.29) is 18.1 Å². The van der Waals surface area contributed by atoms with Gasteiger partial charge in [-0.1, -0.05) is 0 Å². The van der Waals surface area contributed by atoms with Crippen molar-refractivity contribution in [2.75, 3.05) is 6.54 Å². The third kappa shape index (κ3) is 4.26. The van der Waals surface area contributed by atoms with Crippen LogP contribution in [-0.2, 0) is 11.2 Å². The number of fused-ring (bicyclic) bond motifs is 1. The molecular weight excluding hydrogens is 370 g/mol. The standard InChI is InChI=1S/C21H27N5O3/c1-14(2)28-20-13-16(29-24-20)7-8-21(27)25-11-5-4-6-17(25)18-9-10-22-19-12-15(3)23-26(18)19/h9-10,12-14,17H,4-8,11H2,1-3H3/t17-/m1/s1. The van der Waals surface area contributed by atoms with E-state index in [1.54, 1.807) is 12.3 Å². The van der Waals surface area contributed by atoms with Crippen molar-refractivity contribution in [3.8, 4) is 5.88 Å². The van der Waals surface area contributed by atoms with Gasteiger partial charge >= 0.3 is 0 Å². The second kappa shape index (κ2) is 8.23. The molecule has 8 nitrogen and oxygen atoms in total. The van der Waals surface area contributed by atoms with Crippen molar-refractivity contribution < 1.29 is 14.1 Å². The Morgan fingerprint density at radius 3 is 3.03 bits per heavy atom. The lowest BCUT2D eigenvalue weighted by molar-refractivity contribution is -0.135. The number of piperidine rings is 1. The van der Waals surface area contributed by atoms with E-state index in [0.29, 0.717) is 24.5 Å². The molecule has 1 saturated heterocycles. The highest BCUT2D eigenvalue weighted by atomic mass is 16.5. The summed E-state index contributed by atoms with van der Waals surface area (Å²) in [6.45, 7) is 6.58. The molecule has 1 aliphatic rings. The third-order valence-corrected chi connectivity index (χ3v) is 5.15. The number of amides is 1. The SMILES string of the molecule is Cc1cc2nccc([C@H]3CCCCN3C(=O)CCc3cc(OC(C)C)no3)n2n1. The number of aryl methyl sites for hydroxylation is 2. The summed E-state index contributed by atoms with van der Waals surface area (Å²) in [5, 5.41) is 8.49. The van der Waals surface area contributed by atoms with Gasteiger partial charge in [0.15, 0.2) is 5.65 Å². The van der Waals surface area contributed by atoms with Gasteiger partial charge in [0.25, 0.3) is 5.88 Å². The molecule has 0 aromatic carbocycles. The van der Waals surface area contributed by atoms with Crippen molar-refractivity contribution in [1.82, 2.24) is 24.7 Å². The fourth-order valence-corrected chi connectivity index (χ4v) is 3.90. The second-order valence-corrected chi connectivity index (χ2v) is 7.82. The van der Waals surface area contributed by atoms with Gasteiger partial charge in [-0.2, -0.15) is 5.10 Å². The number of aromatic nitrogens is 4. The van der Waals surface area contributed by atoms with E-state index in [2.05, 4.69) is 15.2 Å². The van der Waals surface area contributed by atoms with Gasteiger partial charge in [-0.25, -0.2) is 9.50 Å². The lowest BCUT2D eigenvalue weighted by Crippen LogP contribution is -2.39. The maximum absolute atomic E-state index is 13.1. The number of rotatable bonds is 6. The summed E-state index contributed by atoms with van der Waals surface area (Å²) in [5.41, 5.74) is 2.75. The Bertz CT molecular complexity index is 993. The summed E-state index contributed by atoms with van der Waals surface area (Å²) in [5.74, 6) is 1.24. The molecule has 29 heavy (non-hydrogen) atoms. The third-order valence-electron chi connectivity index (χ3n) is 5.15. The van der Waals surface area contributed by atoms with Crippen LogP contribution in [0.5, 0.6) is 5.88 Å². The molecule has 1 amide bonds. The summed E-state index contributed by atoms with van der Waals surface area (Å²) >= 11 is 0.